The second-order valence-corrected chi connectivity index (χ2v) is 13.0. The number of likely N-dealkylation sites (tertiary alicyclic amines) is 3. The molecule has 4 unspecified atom stereocenters. The third kappa shape index (κ3) is 5.47. The summed E-state index contributed by atoms with van der Waals surface area (Å²) < 4.78 is 33.7. The standard InChI is InChI=1S/C23H29ClN4O6S2/c24-20-6-5-17(35-20)7-10-36(32,33)25-18-3-1-8-26(22(18)30)13-21(29)27-9-2-4-19(27)23(31)28-12-16-11-15(28)14-34-16/h5-7,10,15-16,18-19,25H,1-4,8-9,11-14H2/b10-7+. The van der Waals surface area contributed by atoms with Crippen LogP contribution in [-0.2, 0) is 29.1 Å². The number of piperidine rings is 1. The van der Waals surface area contributed by atoms with Crippen LogP contribution in [0.2, 0.25) is 4.34 Å². The van der Waals surface area contributed by atoms with Gasteiger partial charge in [-0.1, -0.05) is 11.6 Å². The molecule has 5 heterocycles. The predicted octanol–water partition coefficient (Wildman–Crippen LogP) is 1.27. The van der Waals surface area contributed by atoms with E-state index in [1.807, 2.05) is 4.90 Å². The zero-order chi connectivity index (χ0) is 25.4. The van der Waals surface area contributed by atoms with E-state index in [1.165, 1.54) is 22.3 Å². The molecule has 0 aromatic carbocycles. The Morgan fingerprint density at radius 3 is 2.69 bits per heavy atom. The SMILES string of the molecule is O=C1C(NS(=O)(=O)/C=C/c2ccc(Cl)s2)CCCN1CC(=O)N1CCCC1C(=O)N1CC2CC1CO2. The number of thiophene rings is 1. The third-order valence-electron chi connectivity index (χ3n) is 7.21. The summed E-state index contributed by atoms with van der Waals surface area (Å²) in [7, 11) is -3.87. The highest BCUT2D eigenvalue weighted by Crippen LogP contribution is 2.31. The maximum Gasteiger partial charge on any atom is 0.245 e. The fourth-order valence-corrected chi connectivity index (χ4v) is 7.53. The molecule has 196 valence electrons. The van der Waals surface area contributed by atoms with Gasteiger partial charge in [-0.2, -0.15) is 4.72 Å². The number of morpholine rings is 1. The molecule has 0 saturated carbocycles. The molecule has 3 amide bonds. The van der Waals surface area contributed by atoms with Gasteiger partial charge in [0.2, 0.25) is 27.7 Å². The van der Waals surface area contributed by atoms with Crippen molar-refractivity contribution in [3.63, 3.8) is 0 Å². The van der Waals surface area contributed by atoms with Gasteiger partial charge in [0, 0.05) is 29.9 Å². The molecule has 10 nitrogen and oxygen atoms in total. The quantitative estimate of drug-likeness (QED) is 0.541. The maximum atomic E-state index is 13.2. The van der Waals surface area contributed by atoms with E-state index in [2.05, 4.69) is 4.72 Å². The summed E-state index contributed by atoms with van der Waals surface area (Å²) in [6.07, 6.45) is 4.63. The first-order valence-electron chi connectivity index (χ1n) is 12.2. The zero-order valence-electron chi connectivity index (χ0n) is 19.7. The van der Waals surface area contributed by atoms with Crippen LogP contribution >= 0.6 is 22.9 Å². The molecule has 2 bridgehead atoms. The Bertz CT molecular complexity index is 1170. The van der Waals surface area contributed by atoms with Crippen molar-refractivity contribution in [1.29, 1.82) is 0 Å². The third-order valence-corrected chi connectivity index (χ3v) is 9.51. The van der Waals surface area contributed by atoms with E-state index in [1.54, 1.807) is 17.0 Å². The second kappa shape index (κ2) is 10.4. The van der Waals surface area contributed by atoms with Crippen LogP contribution in [-0.4, -0.2) is 97.9 Å². The zero-order valence-corrected chi connectivity index (χ0v) is 22.1. The molecule has 4 atom stereocenters. The first-order valence-corrected chi connectivity index (χ1v) is 14.9. The van der Waals surface area contributed by atoms with Crippen LogP contribution in [0.1, 0.15) is 37.0 Å². The van der Waals surface area contributed by atoms with Gasteiger partial charge in [0.05, 0.1) is 29.6 Å². The van der Waals surface area contributed by atoms with Crippen molar-refractivity contribution in [3.05, 3.63) is 26.8 Å². The van der Waals surface area contributed by atoms with Gasteiger partial charge in [-0.15, -0.1) is 11.3 Å². The molecule has 4 aliphatic heterocycles. The number of rotatable bonds is 7. The first-order chi connectivity index (χ1) is 17.2. The molecule has 0 aliphatic carbocycles. The van der Waals surface area contributed by atoms with E-state index in [0.29, 0.717) is 54.7 Å². The Hall–Kier alpha value is -1.99. The fourth-order valence-electron chi connectivity index (χ4n) is 5.46. The number of halogens is 1. The lowest BCUT2D eigenvalue weighted by Crippen LogP contribution is -2.56. The normalized spacial score (nSPS) is 28.6. The molecule has 36 heavy (non-hydrogen) atoms. The van der Waals surface area contributed by atoms with Gasteiger partial charge >= 0.3 is 0 Å². The number of sulfonamides is 1. The van der Waals surface area contributed by atoms with Gasteiger partial charge in [0.25, 0.3) is 0 Å². The topological polar surface area (TPSA) is 116 Å². The Labute approximate surface area is 219 Å². The van der Waals surface area contributed by atoms with E-state index in [9.17, 15) is 22.8 Å². The summed E-state index contributed by atoms with van der Waals surface area (Å²) in [5, 5.41) is 1.02. The van der Waals surface area contributed by atoms with Gasteiger partial charge in [-0.05, 0) is 50.3 Å². The number of ether oxygens (including phenoxy) is 1. The minimum atomic E-state index is -3.87. The number of fused-ring (bicyclic) bond motifs is 2. The lowest BCUT2D eigenvalue weighted by molar-refractivity contribution is -0.149. The Balaban J connectivity index is 1.18. The van der Waals surface area contributed by atoms with Gasteiger partial charge in [-0.25, -0.2) is 8.42 Å². The number of carbonyl (C=O) groups is 3. The molecule has 1 aromatic rings. The van der Waals surface area contributed by atoms with Crippen LogP contribution in [0.3, 0.4) is 0 Å². The van der Waals surface area contributed by atoms with Gasteiger partial charge in [-0.3, -0.25) is 14.4 Å². The van der Waals surface area contributed by atoms with E-state index in [0.717, 1.165) is 18.2 Å². The van der Waals surface area contributed by atoms with E-state index in [-0.39, 0.29) is 30.5 Å². The highest BCUT2D eigenvalue weighted by Gasteiger charge is 2.46. The highest BCUT2D eigenvalue weighted by molar-refractivity contribution is 7.92. The number of hydrogen-bond donors (Lipinski definition) is 1. The van der Waals surface area contributed by atoms with Crippen molar-refractivity contribution in [2.45, 2.75) is 56.3 Å². The Kier molecular flexibility index (Phi) is 7.42. The minimum absolute atomic E-state index is 0.0360. The van der Waals surface area contributed by atoms with Crippen LogP contribution in [0.15, 0.2) is 17.5 Å². The van der Waals surface area contributed by atoms with Gasteiger partial charge in [0.15, 0.2) is 0 Å². The molecule has 4 saturated heterocycles. The van der Waals surface area contributed by atoms with Crippen molar-refractivity contribution in [3.8, 4) is 0 Å². The molecule has 0 radical (unpaired) electrons. The van der Waals surface area contributed by atoms with Crippen LogP contribution < -0.4 is 4.72 Å². The molecule has 5 rings (SSSR count). The lowest BCUT2D eigenvalue weighted by Gasteiger charge is -2.35. The number of nitrogens with zero attached hydrogens (tertiary/aromatic N) is 3. The summed E-state index contributed by atoms with van der Waals surface area (Å²) in [5.74, 6) is -0.745. The Morgan fingerprint density at radius 2 is 2.00 bits per heavy atom. The van der Waals surface area contributed by atoms with Crippen molar-refractivity contribution in [1.82, 2.24) is 19.4 Å². The molecule has 1 aromatic heterocycles. The Morgan fingerprint density at radius 1 is 1.19 bits per heavy atom. The van der Waals surface area contributed by atoms with Crippen molar-refractivity contribution in [2.24, 2.45) is 0 Å². The van der Waals surface area contributed by atoms with E-state index in [4.69, 9.17) is 16.3 Å². The van der Waals surface area contributed by atoms with Crippen LogP contribution in [0.5, 0.6) is 0 Å². The largest absolute Gasteiger partial charge is 0.374 e. The molecule has 13 heteroatoms. The summed E-state index contributed by atoms with van der Waals surface area (Å²) >= 11 is 7.12. The summed E-state index contributed by atoms with van der Waals surface area (Å²) in [5.41, 5.74) is 0. The monoisotopic (exact) mass is 556 g/mol. The molecule has 1 N–H and O–H groups in total. The minimum Gasteiger partial charge on any atom is -0.374 e. The average Bonchev–Trinajstić information content (AvgIpc) is 3.64. The second-order valence-electron chi connectivity index (χ2n) is 9.64. The summed E-state index contributed by atoms with van der Waals surface area (Å²) in [6, 6.07) is 2.01. The van der Waals surface area contributed by atoms with Gasteiger partial charge in [0.1, 0.15) is 12.1 Å². The number of hydrogen-bond acceptors (Lipinski definition) is 7. The molecule has 4 fully saturated rings. The van der Waals surface area contributed by atoms with Crippen molar-refractivity contribution in [2.75, 3.05) is 32.8 Å². The highest BCUT2D eigenvalue weighted by atomic mass is 35.5. The fraction of sp³-hybridized carbons (Fsp3) is 0.609. The maximum absolute atomic E-state index is 13.2. The van der Waals surface area contributed by atoms with E-state index >= 15 is 0 Å². The van der Waals surface area contributed by atoms with E-state index < -0.39 is 28.0 Å². The number of carbonyl (C=O) groups excluding carboxylic acids is 3. The van der Waals surface area contributed by atoms with Crippen LogP contribution in [0, 0.1) is 0 Å². The van der Waals surface area contributed by atoms with Gasteiger partial charge < -0.3 is 19.4 Å². The smallest absolute Gasteiger partial charge is 0.245 e. The molecular weight excluding hydrogens is 528 g/mol. The summed E-state index contributed by atoms with van der Waals surface area (Å²) in [6.45, 7) is 1.80. The molecule has 0 spiro atoms. The van der Waals surface area contributed by atoms with Crippen LogP contribution in [0.4, 0.5) is 0 Å². The number of amides is 3. The lowest BCUT2D eigenvalue weighted by atomic mass is 10.1. The van der Waals surface area contributed by atoms with Crippen molar-refractivity contribution < 1.29 is 27.5 Å². The van der Waals surface area contributed by atoms with Crippen molar-refractivity contribution >= 4 is 56.8 Å². The average molecular weight is 557 g/mol. The van der Waals surface area contributed by atoms with Crippen LogP contribution in [0.25, 0.3) is 6.08 Å². The molecule has 4 aliphatic rings. The summed E-state index contributed by atoms with van der Waals surface area (Å²) in [4.78, 5) is 44.9. The first kappa shape index (κ1) is 25.7. The predicted molar refractivity (Wildman–Crippen MR) is 135 cm³/mol. The number of nitrogens with one attached hydrogen (secondary N) is 1. The molecular formula is C23H29ClN4O6S2.